The van der Waals surface area contributed by atoms with Crippen LogP contribution in [0.5, 0.6) is 0 Å². The van der Waals surface area contributed by atoms with E-state index in [4.69, 9.17) is 4.74 Å². The third-order valence-corrected chi connectivity index (χ3v) is 7.51. The minimum Gasteiger partial charge on any atom is -0.465 e. The Labute approximate surface area is 131 Å². The highest BCUT2D eigenvalue weighted by molar-refractivity contribution is 5.82. The molecule has 4 heteroatoms. The molecule has 0 atom stereocenters. The molecule has 0 aromatic carbocycles. The Morgan fingerprint density at radius 3 is 2.36 bits per heavy atom. The maximum atomic E-state index is 12.5. The Morgan fingerprint density at radius 1 is 1.14 bits per heavy atom. The zero-order valence-electron chi connectivity index (χ0n) is 13.4. The summed E-state index contributed by atoms with van der Waals surface area (Å²) in [5.41, 5.74) is 1.16. The molecule has 5 aliphatic rings. The third-order valence-electron chi connectivity index (χ3n) is 7.51. The van der Waals surface area contributed by atoms with Crippen molar-refractivity contribution in [2.24, 2.45) is 28.1 Å². The van der Waals surface area contributed by atoms with Crippen LogP contribution in [0.1, 0.15) is 51.9 Å². The minimum absolute atomic E-state index is 0.0160. The van der Waals surface area contributed by atoms with Gasteiger partial charge in [-0.1, -0.05) is 6.92 Å². The van der Waals surface area contributed by atoms with Crippen LogP contribution in [0.15, 0.2) is 0 Å². The topological polar surface area (TPSA) is 46.6 Å². The van der Waals surface area contributed by atoms with E-state index in [0.717, 1.165) is 31.8 Å². The molecule has 4 nitrogen and oxygen atoms in total. The van der Waals surface area contributed by atoms with Crippen LogP contribution in [0.4, 0.5) is 0 Å². The van der Waals surface area contributed by atoms with E-state index in [-0.39, 0.29) is 17.3 Å². The molecule has 120 valence electrons. The number of ether oxygens (including phenoxy) is 1. The number of carbonyl (C=O) groups is 2. The predicted molar refractivity (Wildman–Crippen MR) is 79.8 cm³/mol. The lowest BCUT2D eigenvalue weighted by Gasteiger charge is -2.61. The maximum Gasteiger partial charge on any atom is 0.306 e. The Morgan fingerprint density at radius 2 is 1.82 bits per heavy atom. The van der Waals surface area contributed by atoms with E-state index in [1.165, 1.54) is 25.7 Å². The van der Waals surface area contributed by atoms with E-state index >= 15 is 0 Å². The van der Waals surface area contributed by atoms with Crippen molar-refractivity contribution in [3.63, 3.8) is 0 Å². The molecule has 5 rings (SSSR count). The van der Waals surface area contributed by atoms with Crippen LogP contribution in [0, 0.1) is 28.1 Å². The molecule has 3 aliphatic carbocycles. The molecule has 0 radical (unpaired) electrons. The highest BCUT2D eigenvalue weighted by atomic mass is 16.5. The quantitative estimate of drug-likeness (QED) is 0.736. The van der Waals surface area contributed by atoms with Crippen molar-refractivity contribution in [1.29, 1.82) is 0 Å². The molecule has 2 heterocycles. The Balaban J connectivity index is 1.12. The van der Waals surface area contributed by atoms with Crippen molar-refractivity contribution in [3.8, 4) is 0 Å². The predicted octanol–water partition coefficient (Wildman–Crippen LogP) is 2.37. The summed E-state index contributed by atoms with van der Waals surface area (Å²) in [4.78, 5) is 25.9. The molecule has 2 saturated heterocycles. The SMILES string of the molecule is CC1(C2CC3(C2)CN(C(=O)C2CC4(COC(=O)C4)C2)C3)CC1. The van der Waals surface area contributed by atoms with Crippen molar-refractivity contribution in [3.05, 3.63) is 0 Å². The molecule has 3 saturated carbocycles. The van der Waals surface area contributed by atoms with Gasteiger partial charge in [-0.25, -0.2) is 0 Å². The molecule has 0 aromatic rings. The van der Waals surface area contributed by atoms with Crippen LogP contribution in [0.2, 0.25) is 0 Å². The zero-order chi connectivity index (χ0) is 15.2. The number of esters is 1. The van der Waals surface area contributed by atoms with Crippen molar-refractivity contribution in [2.75, 3.05) is 19.7 Å². The monoisotopic (exact) mass is 303 g/mol. The van der Waals surface area contributed by atoms with Gasteiger partial charge in [0.25, 0.3) is 0 Å². The first-order valence-electron chi connectivity index (χ1n) is 8.86. The lowest BCUT2D eigenvalue weighted by atomic mass is 9.53. The number of hydrogen-bond donors (Lipinski definition) is 0. The number of hydrogen-bond acceptors (Lipinski definition) is 3. The second-order valence-electron chi connectivity index (χ2n) is 9.40. The van der Waals surface area contributed by atoms with Gasteiger partial charge in [0.1, 0.15) is 0 Å². The molecule has 22 heavy (non-hydrogen) atoms. The summed E-state index contributed by atoms with van der Waals surface area (Å²) < 4.78 is 5.08. The van der Waals surface area contributed by atoms with E-state index in [1.54, 1.807) is 0 Å². The second kappa shape index (κ2) is 3.88. The van der Waals surface area contributed by atoms with Gasteiger partial charge in [-0.05, 0) is 49.9 Å². The first-order chi connectivity index (χ1) is 10.4. The van der Waals surface area contributed by atoms with Crippen LogP contribution >= 0.6 is 0 Å². The van der Waals surface area contributed by atoms with Gasteiger partial charge < -0.3 is 9.64 Å². The van der Waals surface area contributed by atoms with Gasteiger partial charge in [-0.3, -0.25) is 9.59 Å². The average molecular weight is 303 g/mol. The molecule has 2 spiro atoms. The van der Waals surface area contributed by atoms with E-state index in [2.05, 4.69) is 11.8 Å². The van der Waals surface area contributed by atoms with E-state index < -0.39 is 0 Å². The van der Waals surface area contributed by atoms with Gasteiger partial charge in [0.15, 0.2) is 0 Å². The van der Waals surface area contributed by atoms with E-state index in [9.17, 15) is 9.59 Å². The highest BCUT2D eigenvalue weighted by Crippen LogP contribution is 2.65. The lowest BCUT2D eigenvalue weighted by molar-refractivity contribution is -0.169. The summed E-state index contributed by atoms with van der Waals surface area (Å²) >= 11 is 0. The molecule has 0 bridgehead atoms. The summed E-state index contributed by atoms with van der Waals surface area (Å²) in [5, 5.41) is 0. The van der Waals surface area contributed by atoms with Gasteiger partial charge in [0.05, 0.1) is 13.0 Å². The third kappa shape index (κ3) is 1.75. The summed E-state index contributed by atoms with van der Waals surface area (Å²) in [7, 11) is 0. The van der Waals surface area contributed by atoms with Crippen LogP contribution in [-0.4, -0.2) is 36.5 Å². The molecular weight excluding hydrogens is 278 g/mol. The van der Waals surface area contributed by atoms with Gasteiger partial charge in [0, 0.05) is 29.8 Å². The van der Waals surface area contributed by atoms with Gasteiger partial charge in [-0.2, -0.15) is 0 Å². The van der Waals surface area contributed by atoms with Gasteiger partial charge in [-0.15, -0.1) is 0 Å². The molecular formula is C18H25NO3. The van der Waals surface area contributed by atoms with Crippen molar-refractivity contribution < 1.29 is 14.3 Å². The normalized spacial score (nSPS) is 36.5. The van der Waals surface area contributed by atoms with Crippen LogP contribution in [0.25, 0.3) is 0 Å². The number of amides is 1. The van der Waals surface area contributed by atoms with Gasteiger partial charge >= 0.3 is 5.97 Å². The van der Waals surface area contributed by atoms with Crippen LogP contribution in [0.3, 0.4) is 0 Å². The zero-order valence-corrected chi connectivity index (χ0v) is 13.4. The summed E-state index contributed by atoms with van der Waals surface area (Å²) in [6, 6.07) is 0. The number of rotatable bonds is 2. The minimum atomic E-state index is -0.0807. The van der Waals surface area contributed by atoms with Crippen molar-refractivity contribution in [1.82, 2.24) is 4.90 Å². The fourth-order valence-electron chi connectivity index (χ4n) is 5.58. The van der Waals surface area contributed by atoms with Crippen LogP contribution < -0.4 is 0 Å². The fourth-order valence-corrected chi connectivity index (χ4v) is 5.58. The van der Waals surface area contributed by atoms with E-state index in [1.807, 2.05) is 0 Å². The molecule has 1 amide bonds. The Bertz CT molecular complexity index is 545. The first-order valence-corrected chi connectivity index (χ1v) is 8.86. The summed E-state index contributed by atoms with van der Waals surface area (Å²) in [6.07, 6.45) is 7.79. The average Bonchev–Trinajstić information content (AvgIpc) is 2.94. The Hall–Kier alpha value is -1.06. The Kier molecular flexibility index (Phi) is 2.36. The van der Waals surface area contributed by atoms with Crippen LogP contribution in [-0.2, 0) is 14.3 Å². The highest BCUT2D eigenvalue weighted by Gasteiger charge is 2.62. The number of carbonyl (C=O) groups excluding carboxylic acids is 2. The molecule has 5 fully saturated rings. The maximum absolute atomic E-state index is 12.5. The van der Waals surface area contributed by atoms with E-state index in [0.29, 0.717) is 29.8 Å². The largest absolute Gasteiger partial charge is 0.465 e. The lowest BCUT2D eigenvalue weighted by Crippen LogP contribution is -2.66. The first kappa shape index (κ1) is 13.4. The molecule has 0 unspecified atom stereocenters. The molecule has 2 aliphatic heterocycles. The van der Waals surface area contributed by atoms with Crippen molar-refractivity contribution in [2.45, 2.75) is 51.9 Å². The van der Waals surface area contributed by atoms with Crippen molar-refractivity contribution >= 4 is 11.9 Å². The summed E-state index contributed by atoms with van der Waals surface area (Å²) in [5.74, 6) is 1.35. The standard InChI is InChI=1S/C18H25NO3/c1-16(2-3-16)13-6-18(7-13)9-19(10-18)15(21)12-4-17(5-12)8-14(20)22-11-17/h12-13H,2-11H2,1H3. The smallest absolute Gasteiger partial charge is 0.306 e. The fraction of sp³-hybridized carbons (Fsp3) is 0.889. The number of likely N-dealkylation sites (tertiary alicyclic amines) is 1. The number of nitrogens with zero attached hydrogens (tertiary/aromatic N) is 1. The summed E-state index contributed by atoms with van der Waals surface area (Å²) in [6.45, 7) is 4.97. The van der Waals surface area contributed by atoms with Gasteiger partial charge in [0.2, 0.25) is 5.91 Å². The molecule has 0 N–H and O–H groups in total. The molecule has 0 aromatic heterocycles. The second-order valence-corrected chi connectivity index (χ2v) is 9.40. The number of cyclic esters (lactones) is 1.